The van der Waals surface area contributed by atoms with Gasteiger partial charge in [0.25, 0.3) is 0 Å². The van der Waals surface area contributed by atoms with Crippen LogP contribution >= 0.6 is 23.2 Å². The van der Waals surface area contributed by atoms with Crippen LogP contribution in [0, 0.1) is 11.8 Å². The van der Waals surface area contributed by atoms with Crippen LogP contribution in [0.25, 0.3) is 0 Å². The lowest BCUT2D eigenvalue weighted by molar-refractivity contribution is 0.0509. The molecule has 21 heavy (non-hydrogen) atoms. The summed E-state index contributed by atoms with van der Waals surface area (Å²) >= 11 is 9.91. The van der Waals surface area contributed by atoms with Crippen molar-refractivity contribution in [2.45, 2.75) is 38.9 Å². The van der Waals surface area contributed by atoms with E-state index in [1.165, 1.54) is 0 Å². The van der Waals surface area contributed by atoms with Crippen molar-refractivity contribution >= 4 is 35.5 Å². The van der Waals surface area contributed by atoms with Crippen LogP contribution in [-0.4, -0.2) is 45.9 Å². The molecule has 0 bridgehead atoms. The van der Waals surface area contributed by atoms with E-state index >= 15 is 0 Å². The molecule has 0 aliphatic carbocycles. The third kappa shape index (κ3) is 21.3. The molecule has 0 aliphatic heterocycles. The first-order valence-electron chi connectivity index (χ1n) is 5.53. The lowest BCUT2D eigenvalue weighted by Gasteiger charge is -2.10. The van der Waals surface area contributed by atoms with E-state index in [1.807, 2.05) is 0 Å². The second-order valence-electron chi connectivity index (χ2n) is 4.48. The largest absolute Gasteiger partial charge is 0.519 e. The van der Waals surface area contributed by atoms with Gasteiger partial charge in [0.1, 0.15) is 11.2 Å². The van der Waals surface area contributed by atoms with Gasteiger partial charge in [-0.1, -0.05) is 35.0 Å². The number of halogens is 2. The molecule has 0 saturated heterocycles. The second kappa shape index (κ2) is 10.5. The Hall–Kier alpha value is -1.20. The molecule has 0 amide bonds. The van der Waals surface area contributed by atoms with Gasteiger partial charge in [-0.15, -0.1) is 0 Å². The number of ether oxygens (including phenoxy) is 3. The van der Waals surface area contributed by atoms with Gasteiger partial charge in [0.2, 0.25) is 0 Å². The SMILES string of the molecule is CC(C)(O)C#CC(C)(C)O.O=C(OCCl)OC(=O)OCCl. The minimum absolute atomic E-state index is 0.396. The summed E-state index contributed by atoms with van der Waals surface area (Å²) in [5.41, 5.74) is -2.03. The van der Waals surface area contributed by atoms with Crippen molar-refractivity contribution in [2.24, 2.45) is 0 Å². The monoisotopic (exact) mass is 344 g/mol. The van der Waals surface area contributed by atoms with Gasteiger partial charge in [-0.25, -0.2) is 9.59 Å². The smallest absolute Gasteiger partial charge is 0.418 e. The van der Waals surface area contributed by atoms with Gasteiger partial charge in [-0.05, 0) is 27.7 Å². The summed E-state index contributed by atoms with van der Waals surface area (Å²) in [5, 5.41) is 18.2. The van der Waals surface area contributed by atoms with E-state index < -0.39 is 35.6 Å². The molecule has 7 nitrogen and oxygen atoms in total. The lowest BCUT2D eigenvalue weighted by Crippen LogP contribution is -2.20. The van der Waals surface area contributed by atoms with Crippen LogP contribution in [-0.2, 0) is 14.2 Å². The summed E-state index contributed by atoms with van der Waals surface area (Å²) in [4.78, 5) is 20.5. The molecule has 0 fully saturated rings. The maximum Gasteiger partial charge on any atom is 0.519 e. The van der Waals surface area contributed by atoms with Gasteiger partial charge in [0.05, 0.1) is 0 Å². The van der Waals surface area contributed by atoms with Gasteiger partial charge in [-0.3, -0.25) is 0 Å². The Bertz CT molecular complexity index is 351. The number of rotatable bonds is 2. The van der Waals surface area contributed by atoms with E-state index in [4.69, 9.17) is 33.4 Å². The van der Waals surface area contributed by atoms with Crippen molar-refractivity contribution in [3.05, 3.63) is 0 Å². The number of hydrogen-bond donors (Lipinski definition) is 2. The first kappa shape index (κ1) is 22.1. The van der Waals surface area contributed by atoms with Crippen LogP contribution in [0.5, 0.6) is 0 Å². The van der Waals surface area contributed by atoms with Crippen LogP contribution in [0.2, 0.25) is 0 Å². The molecular weight excluding hydrogens is 327 g/mol. The standard InChI is InChI=1S/C8H14O2.C4H4Cl2O5/c1-7(2,9)5-6-8(3,4)10;5-1-9-3(7)11-4(8)10-2-6/h9-10H,1-4H3;1-2H2. The summed E-state index contributed by atoms with van der Waals surface area (Å²) in [6.07, 6.45) is -2.45. The number of alkyl halides is 2. The molecule has 0 aromatic rings. The van der Waals surface area contributed by atoms with Crippen LogP contribution in [0.15, 0.2) is 0 Å². The molecule has 122 valence electrons. The fourth-order valence-electron chi connectivity index (χ4n) is 0.522. The van der Waals surface area contributed by atoms with Gasteiger partial charge in [-0.2, -0.15) is 0 Å². The van der Waals surface area contributed by atoms with E-state index in [1.54, 1.807) is 27.7 Å². The highest BCUT2D eigenvalue weighted by Crippen LogP contribution is 2.01. The van der Waals surface area contributed by atoms with E-state index in [-0.39, 0.29) is 0 Å². The van der Waals surface area contributed by atoms with Crippen molar-refractivity contribution in [3.63, 3.8) is 0 Å². The van der Waals surface area contributed by atoms with E-state index in [0.29, 0.717) is 0 Å². The van der Waals surface area contributed by atoms with Gasteiger partial charge in [0.15, 0.2) is 12.1 Å². The quantitative estimate of drug-likeness (QED) is 0.342. The first-order chi connectivity index (χ1) is 9.41. The zero-order valence-electron chi connectivity index (χ0n) is 12.1. The number of carbonyl (C=O) groups is 2. The van der Waals surface area contributed by atoms with E-state index in [9.17, 15) is 9.59 Å². The molecule has 0 radical (unpaired) electrons. The maximum atomic E-state index is 10.3. The lowest BCUT2D eigenvalue weighted by atomic mass is 10.1. The molecule has 0 spiro atoms. The summed E-state index contributed by atoms with van der Waals surface area (Å²) < 4.78 is 11.9. The van der Waals surface area contributed by atoms with Crippen LogP contribution < -0.4 is 0 Å². The van der Waals surface area contributed by atoms with Crippen LogP contribution in [0.4, 0.5) is 9.59 Å². The Morgan fingerprint density at radius 2 is 1.19 bits per heavy atom. The van der Waals surface area contributed by atoms with Crippen molar-refractivity contribution in [2.75, 3.05) is 12.1 Å². The average molecular weight is 345 g/mol. The third-order valence-electron chi connectivity index (χ3n) is 1.19. The number of hydrogen-bond acceptors (Lipinski definition) is 7. The van der Waals surface area contributed by atoms with Gasteiger partial charge in [0, 0.05) is 0 Å². The van der Waals surface area contributed by atoms with Crippen molar-refractivity contribution in [1.82, 2.24) is 0 Å². The normalized spacial score (nSPS) is 10.3. The van der Waals surface area contributed by atoms with Gasteiger partial charge < -0.3 is 24.4 Å². The fourth-order valence-corrected chi connectivity index (χ4v) is 0.700. The summed E-state index contributed by atoms with van der Waals surface area (Å²) in [6.45, 7) is 6.30. The van der Waals surface area contributed by atoms with E-state index in [2.05, 4.69) is 26.1 Å². The molecule has 0 heterocycles. The minimum Gasteiger partial charge on any atom is -0.418 e. The van der Waals surface area contributed by atoms with Crippen molar-refractivity contribution < 1.29 is 34.0 Å². The number of carbonyl (C=O) groups excluding carboxylic acids is 2. The molecule has 0 aliphatic rings. The second-order valence-corrected chi connectivity index (χ2v) is 4.91. The predicted molar refractivity (Wildman–Crippen MR) is 75.9 cm³/mol. The predicted octanol–water partition coefficient (Wildman–Crippen LogP) is 2.20. The Labute approximate surface area is 133 Å². The summed E-state index contributed by atoms with van der Waals surface area (Å²) in [7, 11) is 0. The highest BCUT2D eigenvalue weighted by atomic mass is 35.5. The molecule has 0 atom stereocenters. The van der Waals surface area contributed by atoms with Gasteiger partial charge >= 0.3 is 12.3 Å². The minimum atomic E-state index is -1.23. The topological polar surface area (TPSA) is 102 Å². The average Bonchev–Trinajstić information content (AvgIpc) is 2.26. The molecule has 0 rings (SSSR count). The summed E-state index contributed by atoms with van der Waals surface area (Å²) in [6, 6.07) is -0.792. The highest BCUT2D eigenvalue weighted by molar-refractivity contribution is 6.17. The molecule has 9 heteroatoms. The Balaban J connectivity index is 0. The van der Waals surface area contributed by atoms with E-state index in [0.717, 1.165) is 0 Å². The maximum absolute atomic E-state index is 10.3. The summed E-state index contributed by atoms with van der Waals surface area (Å²) in [5.74, 6) is 5.03. The Kier molecular flexibility index (Phi) is 11.1. The molecule has 0 aromatic heterocycles. The fraction of sp³-hybridized carbons (Fsp3) is 0.667. The van der Waals surface area contributed by atoms with Crippen molar-refractivity contribution in [1.29, 1.82) is 0 Å². The number of aliphatic hydroxyl groups is 2. The van der Waals surface area contributed by atoms with Crippen LogP contribution in [0.1, 0.15) is 27.7 Å². The zero-order valence-corrected chi connectivity index (χ0v) is 13.6. The molecular formula is C12H18Cl2O7. The molecule has 0 aromatic carbocycles. The Morgan fingerprint density at radius 1 is 0.905 bits per heavy atom. The molecule has 0 saturated carbocycles. The van der Waals surface area contributed by atoms with Crippen LogP contribution in [0.3, 0.4) is 0 Å². The first-order valence-corrected chi connectivity index (χ1v) is 6.60. The molecule has 2 N–H and O–H groups in total. The van der Waals surface area contributed by atoms with Crippen molar-refractivity contribution in [3.8, 4) is 11.8 Å². The highest BCUT2D eigenvalue weighted by Gasteiger charge is 2.11. The molecule has 0 unspecified atom stereocenters. The zero-order chi connectivity index (χ0) is 17.1. The Morgan fingerprint density at radius 3 is 1.38 bits per heavy atom. The third-order valence-corrected chi connectivity index (χ3v) is 1.40.